The third kappa shape index (κ3) is 3.26. The van der Waals surface area contributed by atoms with Crippen LogP contribution in [0.2, 0.25) is 0 Å². The van der Waals surface area contributed by atoms with Crippen LogP contribution in [0, 0.1) is 0 Å². The maximum Gasteiger partial charge on any atom is 0.338 e. The molecular formula is C10H16N2O3S. The van der Waals surface area contributed by atoms with E-state index in [0.29, 0.717) is 0 Å². The first-order valence-corrected chi connectivity index (χ1v) is 5.79. The topological polar surface area (TPSA) is 71.5 Å². The zero-order chi connectivity index (χ0) is 12.2. The summed E-state index contributed by atoms with van der Waals surface area (Å²) in [7, 11) is 1.25. The molecule has 2 atom stereocenters. The molecule has 1 aromatic rings. The van der Waals surface area contributed by atoms with Gasteiger partial charge in [-0.15, -0.1) is 11.3 Å². The number of aromatic nitrogens is 1. The SMILES string of the molecule is COC(=O)C(C)(O)CNC(C)c1nccs1. The minimum absolute atomic E-state index is 0.00358. The summed E-state index contributed by atoms with van der Waals surface area (Å²) in [6.07, 6.45) is 1.72. The van der Waals surface area contributed by atoms with E-state index in [-0.39, 0.29) is 12.6 Å². The predicted octanol–water partition coefficient (Wildman–Crippen LogP) is 0.718. The fourth-order valence-corrected chi connectivity index (χ4v) is 1.85. The molecular weight excluding hydrogens is 228 g/mol. The lowest BCUT2D eigenvalue weighted by molar-refractivity contribution is -0.160. The van der Waals surface area contributed by atoms with Crippen LogP contribution in [0.25, 0.3) is 0 Å². The Balaban J connectivity index is 2.48. The van der Waals surface area contributed by atoms with Crippen LogP contribution in [0.15, 0.2) is 11.6 Å². The molecule has 0 aromatic carbocycles. The summed E-state index contributed by atoms with van der Waals surface area (Å²) in [5.74, 6) is -0.647. The van der Waals surface area contributed by atoms with Crippen molar-refractivity contribution in [2.24, 2.45) is 0 Å². The standard InChI is InChI=1S/C10H16N2O3S/c1-7(8-11-4-5-16-8)12-6-10(2,14)9(13)15-3/h4-5,7,12,14H,6H2,1-3H3. The second kappa shape index (κ2) is 5.38. The molecule has 90 valence electrons. The maximum atomic E-state index is 11.2. The second-order valence-electron chi connectivity index (χ2n) is 3.74. The Morgan fingerprint density at radius 3 is 3.00 bits per heavy atom. The molecule has 0 bridgehead atoms. The van der Waals surface area contributed by atoms with Crippen molar-refractivity contribution in [1.29, 1.82) is 0 Å². The van der Waals surface area contributed by atoms with Crippen LogP contribution in [0.3, 0.4) is 0 Å². The minimum Gasteiger partial charge on any atom is -0.467 e. The summed E-state index contributed by atoms with van der Waals surface area (Å²) in [5, 5.41) is 15.6. The first kappa shape index (κ1) is 13.1. The number of ether oxygens (including phenoxy) is 1. The van der Waals surface area contributed by atoms with Gasteiger partial charge in [0.1, 0.15) is 5.01 Å². The molecule has 6 heteroatoms. The van der Waals surface area contributed by atoms with E-state index >= 15 is 0 Å². The van der Waals surface area contributed by atoms with Crippen molar-refractivity contribution in [2.45, 2.75) is 25.5 Å². The van der Waals surface area contributed by atoms with E-state index in [1.807, 2.05) is 12.3 Å². The molecule has 0 saturated carbocycles. The number of hydrogen-bond acceptors (Lipinski definition) is 6. The van der Waals surface area contributed by atoms with E-state index in [1.54, 1.807) is 6.20 Å². The number of hydrogen-bond donors (Lipinski definition) is 2. The summed E-state index contributed by atoms with van der Waals surface area (Å²) >= 11 is 1.52. The van der Waals surface area contributed by atoms with Gasteiger partial charge in [0.05, 0.1) is 13.2 Å². The van der Waals surface area contributed by atoms with Crippen LogP contribution >= 0.6 is 11.3 Å². The van der Waals surface area contributed by atoms with Crippen LogP contribution < -0.4 is 5.32 Å². The number of esters is 1. The lowest BCUT2D eigenvalue weighted by Gasteiger charge is -2.22. The molecule has 1 rings (SSSR count). The summed E-state index contributed by atoms with van der Waals surface area (Å²) in [6, 6.07) is -0.00358. The molecule has 1 heterocycles. The van der Waals surface area contributed by atoms with Gasteiger partial charge in [-0.05, 0) is 13.8 Å². The minimum atomic E-state index is -1.51. The van der Waals surface area contributed by atoms with Crippen LogP contribution in [-0.4, -0.2) is 35.3 Å². The zero-order valence-corrected chi connectivity index (χ0v) is 10.4. The van der Waals surface area contributed by atoms with E-state index in [2.05, 4.69) is 15.0 Å². The zero-order valence-electron chi connectivity index (χ0n) is 9.56. The van der Waals surface area contributed by atoms with Gasteiger partial charge in [0.25, 0.3) is 0 Å². The highest BCUT2D eigenvalue weighted by atomic mass is 32.1. The molecule has 0 aliphatic carbocycles. The highest BCUT2D eigenvalue weighted by molar-refractivity contribution is 7.09. The van der Waals surface area contributed by atoms with Gasteiger partial charge >= 0.3 is 5.97 Å². The predicted molar refractivity (Wildman–Crippen MR) is 61.2 cm³/mol. The number of thiazole rings is 1. The number of nitrogens with one attached hydrogen (secondary N) is 1. The quantitative estimate of drug-likeness (QED) is 0.747. The number of carbonyl (C=O) groups is 1. The molecule has 0 fully saturated rings. The Morgan fingerprint density at radius 1 is 1.81 bits per heavy atom. The molecule has 0 amide bonds. The van der Waals surface area contributed by atoms with E-state index < -0.39 is 11.6 Å². The maximum absolute atomic E-state index is 11.2. The fraction of sp³-hybridized carbons (Fsp3) is 0.600. The third-order valence-electron chi connectivity index (χ3n) is 2.20. The van der Waals surface area contributed by atoms with Gasteiger partial charge in [0.15, 0.2) is 5.60 Å². The van der Waals surface area contributed by atoms with Crippen molar-refractivity contribution in [1.82, 2.24) is 10.3 Å². The molecule has 16 heavy (non-hydrogen) atoms. The molecule has 1 aromatic heterocycles. The monoisotopic (exact) mass is 244 g/mol. The van der Waals surface area contributed by atoms with Crippen LogP contribution in [0.4, 0.5) is 0 Å². The fourth-order valence-electron chi connectivity index (χ4n) is 1.18. The average Bonchev–Trinajstić information content (AvgIpc) is 2.78. The Kier molecular flexibility index (Phi) is 4.40. The lowest BCUT2D eigenvalue weighted by atomic mass is 10.1. The molecule has 0 aliphatic heterocycles. The van der Waals surface area contributed by atoms with Crippen molar-refractivity contribution in [3.8, 4) is 0 Å². The molecule has 0 saturated heterocycles. The van der Waals surface area contributed by atoms with Gasteiger partial charge in [-0.3, -0.25) is 0 Å². The largest absolute Gasteiger partial charge is 0.467 e. The first-order chi connectivity index (χ1) is 7.47. The van der Waals surface area contributed by atoms with Gasteiger partial charge in [0, 0.05) is 18.1 Å². The normalized spacial score (nSPS) is 16.5. The Labute approximate surface area is 98.5 Å². The lowest BCUT2D eigenvalue weighted by Crippen LogP contribution is -2.46. The summed E-state index contributed by atoms with van der Waals surface area (Å²) in [5.41, 5.74) is -1.51. The van der Waals surface area contributed by atoms with Gasteiger partial charge in [-0.1, -0.05) is 0 Å². The van der Waals surface area contributed by atoms with Crippen molar-refractivity contribution < 1.29 is 14.6 Å². The van der Waals surface area contributed by atoms with Gasteiger partial charge in [-0.25, -0.2) is 9.78 Å². The number of carbonyl (C=O) groups excluding carboxylic acids is 1. The molecule has 2 N–H and O–H groups in total. The molecule has 5 nitrogen and oxygen atoms in total. The van der Waals surface area contributed by atoms with Gasteiger partial charge in [-0.2, -0.15) is 0 Å². The van der Waals surface area contributed by atoms with E-state index in [4.69, 9.17) is 0 Å². The highest BCUT2D eigenvalue weighted by Gasteiger charge is 2.31. The second-order valence-corrected chi connectivity index (χ2v) is 4.66. The van der Waals surface area contributed by atoms with Crippen molar-refractivity contribution >= 4 is 17.3 Å². The average molecular weight is 244 g/mol. The molecule has 0 spiro atoms. The van der Waals surface area contributed by atoms with Crippen molar-refractivity contribution in [3.05, 3.63) is 16.6 Å². The summed E-state index contributed by atoms with van der Waals surface area (Å²) in [6.45, 7) is 3.47. The van der Waals surface area contributed by atoms with Crippen LogP contribution in [0.1, 0.15) is 24.9 Å². The van der Waals surface area contributed by atoms with Crippen molar-refractivity contribution in [2.75, 3.05) is 13.7 Å². The van der Waals surface area contributed by atoms with E-state index in [9.17, 15) is 9.90 Å². The summed E-state index contributed by atoms with van der Waals surface area (Å²) < 4.78 is 4.50. The molecule has 0 aliphatic rings. The van der Waals surface area contributed by atoms with E-state index in [1.165, 1.54) is 25.4 Å². The summed E-state index contributed by atoms with van der Waals surface area (Å²) in [4.78, 5) is 15.3. The number of methoxy groups -OCH3 is 1. The Bertz CT molecular complexity index is 338. The van der Waals surface area contributed by atoms with Gasteiger partial charge in [0.2, 0.25) is 0 Å². The van der Waals surface area contributed by atoms with E-state index in [0.717, 1.165) is 5.01 Å². The van der Waals surface area contributed by atoms with Crippen LogP contribution in [-0.2, 0) is 9.53 Å². The molecule has 0 radical (unpaired) electrons. The third-order valence-corrected chi connectivity index (χ3v) is 3.16. The Hall–Kier alpha value is -0.980. The van der Waals surface area contributed by atoms with Crippen LogP contribution in [0.5, 0.6) is 0 Å². The first-order valence-electron chi connectivity index (χ1n) is 4.91. The number of aliphatic hydroxyl groups is 1. The Morgan fingerprint density at radius 2 is 2.50 bits per heavy atom. The smallest absolute Gasteiger partial charge is 0.338 e. The number of rotatable bonds is 5. The number of nitrogens with zero attached hydrogens (tertiary/aromatic N) is 1. The van der Waals surface area contributed by atoms with Crippen molar-refractivity contribution in [3.63, 3.8) is 0 Å². The molecule has 2 unspecified atom stereocenters. The highest BCUT2D eigenvalue weighted by Crippen LogP contribution is 2.15. The van der Waals surface area contributed by atoms with Gasteiger partial charge < -0.3 is 15.2 Å².